The number of amides is 1. The minimum absolute atomic E-state index is 0.0677. The number of nitro benzene ring substituents is 1. The number of nitrogens with zero attached hydrogens (tertiary/aromatic N) is 2. The molecule has 1 aliphatic heterocycles. The van der Waals surface area contributed by atoms with E-state index in [4.69, 9.17) is 12.2 Å². The lowest BCUT2D eigenvalue weighted by molar-refractivity contribution is -0.384. The molecule has 0 saturated carbocycles. The van der Waals surface area contributed by atoms with Gasteiger partial charge in [-0.25, -0.2) is 0 Å². The molecule has 2 N–H and O–H groups in total. The van der Waals surface area contributed by atoms with E-state index in [2.05, 4.69) is 33.2 Å². The van der Waals surface area contributed by atoms with Crippen molar-refractivity contribution in [2.24, 2.45) is 0 Å². The van der Waals surface area contributed by atoms with Crippen molar-refractivity contribution < 1.29 is 9.72 Å². The lowest BCUT2D eigenvalue weighted by atomic mass is 10.1. The third-order valence-corrected chi connectivity index (χ3v) is 5.42. The summed E-state index contributed by atoms with van der Waals surface area (Å²) in [7, 11) is 0. The van der Waals surface area contributed by atoms with Crippen LogP contribution in [0.2, 0.25) is 0 Å². The van der Waals surface area contributed by atoms with E-state index < -0.39 is 10.8 Å². The van der Waals surface area contributed by atoms with Gasteiger partial charge in [0.05, 0.1) is 4.92 Å². The van der Waals surface area contributed by atoms with Crippen LogP contribution in [0.1, 0.15) is 28.8 Å². The lowest BCUT2D eigenvalue weighted by Gasteiger charge is -2.18. The van der Waals surface area contributed by atoms with Crippen molar-refractivity contribution in [1.29, 1.82) is 0 Å². The van der Waals surface area contributed by atoms with Crippen LogP contribution in [-0.2, 0) is 0 Å². The van der Waals surface area contributed by atoms with E-state index >= 15 is 0 Å². The van der Waals surface area contributed by atoms with Crippen LogP contribution in [0.4, 0.5) is 17.1 Å². The molecule has 1 aliphatic rings. The second-order valence-corrected chi connectivity index (χ2v) is 8.18. The smallest absolute Gasteiger partial charge is 0.293 e. The SMILES string of the molecule is Cc1cc(I)ccc1NC(=S)NC(=O)c1ccc(N2CCCC2)c([N+](=O)[O-])c1. The van der Waals surface area contributed by atoms with Gasteiger partial charge in [-0.2, -0.15) is 0 Å². The highest BCUT2D eigenvalue weighted by molar-refractivity contribution is 14.1. The van der Waals surface area contributed by atoms with E-state index in [1.165, 1.54) is 6.07 Å². The van der Waals surface area contributed by atoms with E-state index in [9.17, 15) is 14.9 Å². The molecule has 9 heteroatoms. The number of nitrogens with one attached hydrogen (secondary N) is 2. The highest BCUT2D eigenvalue weighted by atomic mass is 127. The number of carbonyl (C=O) groups is 1. The molecule has 1 fully saturated rings. The first-order valence-electron chi connectivity index (χ1n) is 8.77. The van der Waals surface area contributed by atoms with Crippen molar-refractivity contribution in [3.8, 4) is 0 Å². The summed E-state index contributed by atoms with van der Waals surface area (Å²) >= 11 is 7.43. The first-order valence-corrected chi connectivity index (χ1v) is 10.3. The Hall–Kier alpha value is -2.27. The van der Waals surface area contributed by atoms with Crippen LogP contribution < -0.4 is 15.5 Å². The van der Waals surface area contributed by atoms with Crippen LogP contribution in [-0.4, -0.2) is 29.0 Å². The Morgan fingerprint density at radius 3 is 2.57 bits per heavy atom. The quantitative estimate of drug-likeness (QED) is 0.277. The summed E-state index contributed by atoms with van der Waals surface area (Å²) in [5.74, 6) is -0.489. The highest BCUT2D eigenvalue weighted by Crippen LogP contribution is 2.31. The Morgan fingerprint density at radius 2 is 1.93 bits per heavy atom. The Balaban J connectivity index is 1.73. The third kappa shape index (κ3) is 4.76. The highest BCUT2D eigenvalue weighted by Gasteiger charge is 2.24. The van der Waals surface area contributed by atoms with Crippen LogP contribution in [0.25, 0.3) is 0 Å². The van der Waals surface area contributed by atoms with Gasteiger partial charge < -0.3 is 10.2 Å². The number of hydrogen-bond donors (Lipinski definition) is 2. The molecule has 0 radical (unpaired) electrons. The van der Waals surface area contributed by atoms with Gasteiger partial charge in [0.15, 0.2) is 5.11 Å². The van der Waals surface area contributed by atoms with Crippen LogP contribution in [0.3, 0.4) is 0 Å². The molecule has 2 aromatic rings. The zero-order valence-corrected chi connectivity index (χ0v) is 18.2. The number of aryl methyl sites for hydroxylation is 1. The zero-order chi connectivity index (χ0) is 20.3. The molecule has 0 atom stereocenters. The van der Waals surface area contributed by atoms with Crippen molar-refractivity contribution in [3.63, 3.8) is 0 Å². The van der Waals surface area contributed by atoms with Gasteiger partial charge in [0.25, 0.3) is 11.6 Å². The monoisotopic (exact) mass is 510 g/mol. The molecule has 1 heterocycles. The minimum atomic E-state index is -0.489. The van der Waals surface area contributed by atoms with Crippen LogP contribution in [0, 0.1) is 20.6 Å². The van der Waals surface area contributed by atoms with Gasteiger partial charge in [-0.15, -0.1) is 0 Å². The van der Waals surface area contributed by atoms with Gasteiger partial charge in [-0.1, -0.05) is 0 Å². The van der Waals surface area contributed by atoms with Gasteiger partial charge in [0, 0.05) is 34.0 Å². The summed E-state index contributed by atoms with van der Waals surface area (Å²) < 4.78 is 1.10. The first-order chi connectivity index (χ1) is 13.3. The van der Waals surface area contributed by atoms with E-state index in [0.29, 0.717) is 5.69 Å². The standard InChI is InChI=1S/C19H19IN4O3S/c1-12-10-14(20)5-6-15(12)21-19(28)22-18(25)13-4-7-16(17(11-13)24(26)27)23-8-2-3-9-23/h4-7,10-11H,2-3,8-9H2,1H3,(H2,21,22,25,28). The fraction of sp³-hybridized carbons (Fsp3) is 0.263. The largest absolute Gasteiger partial charge is 0.366 e. The Morgan fingerprint density at radius 1 is 1.21 bits per heavy atom. The van der Waals surface area contributed by atoms with Crippen LogP contribution in [0.15, 0.2) is 36.4 Å². The fourth-order valence-electron chi connectivity index (χ4n) is 3.13. The van der Waals surface area contributed by atoms with E-state index in [-0.39, 0.29) is 16.4 Å². The molecule has 0 unspecified atom stereocenters. The number of carbonyl (C=O) groups excluding carboxylic acids is 1. The minimum Gasteiger partial charge on any atom is -0.366 e. The van der Waals surface area contributed by atoms with Crippen LogP contribution >= 0.6 is 34.8 Å². The molecule has 0 aromatic heterocycles. The molecular formula is C19H19IN4O3S. The molecule has 146 valence electrons. The van der Waals surface area contributed by atoms with E-state index in [1.54, 1.807) is 12.1 Å². The van der Waals surface area contributed by atoms with Crippen molar-refractivity contribution in [2.45, 2.75) is 19.8 Å². The molecule has 0 spiro atoms. The predicted molar refractivity (Wildman–Crippen MR) is 122 cm³/mol. The van der Waals surface area contributed by atoms with Gasteiger partial charge in [-0.3, -0.25) is 20.2 Å². The summed E-state index contributed by atoms with van der Waals surface area (Å²) in [5.41, 5.74) is 2.46. The van der Waals surface area contributed by atoms with E-state index in [1.807, 2.05) is 30.0 Å². The second kappa shape index (κ2) is 8.82. The number of thiocarbonyl (C=S) groups is 1. The Labute approximate surface area is 181 Å². The molecule has 1 saturated heterocycles. The van der Waals surface area contributed by atoms with E-state index in [0.717, 1.165) is 40.8 Å². The molecule has 1 amide bonds. The number of nitro groups is 1. The fourth-order valence-corrected chi connectivity index (χ4v) is 3.98. The molecule has 0 aliphatic carbocycles. The molecule has 28 heavy (non-hydrogen) atoms. The number of benzene rings is 2. The van der Waals surface area contributed by atoms with Crippen molar-refractivity contribution >= 4 is 62.9 Å². The number of anilines is 2. The maximum atomic E-state index is 12.5. The molecule has 7 nitrogen and oxygen atoms in total. The first kappa shape index (κ1) is 20.5. The predicted octanol–water partition coefficient (Wildman–Crippen LogP) is 4.23. The van der Waals surface area contributed by atoms with Crippen molar-refractivity contribution in [3.05, 3.63) is 61.2 Å². The average molecular weight is 510 g/mol. The number of halogens is 1. The van der Waals surface area contributed by atoms with Gasteiger partial charge in [0.2, 0.25) is 0 Å². The summed E-state index contributed by atoms with van der Waals surface area (Å²) in [6.07, 6.45) is 2.02. The summed E-state index contributed by atoms with van der Waals surface area (Å²) in [4.78, 5) is 25.5. The normalized spacial score (nSPS) is 13.3. The molecular weight excluding hydrogens is 491 g/mol. The second-order valence-electron chi connectivity index (χ2n) is 6.52. The Kier molecular flexibility index (Phi) is 6.45. The zero-order valence-electron chi connectivity index (χ0n) is 15.2. The summed E-state index contributed by atoms with van der Waals surface area (Å²) in [6, 6.07) is 10.3. The third-order valence-electron chi connectivity index (χ3n) is 4.54. The van der Waals surface area contributed by atoms with Gasteiger partial charge in [0.1, 0.15) is 5.69 Å². The summed E-state index contributed by atoms with van der Waals surface area (Å²) in [6.45, 7) is 3.51. The van der Waals surface area contributed by atoms with Crippen LogP contribution in [0.5, 0.6) is 0 Å². The summed E-state index contributed by atoms with van der Waals surface area (Å²) in [5, 5.41) is 17.2. The number of hydrogen-bond acceptors (Lipinski definition) is 5. The van der Waals surface area contributed by atoms with Crippen molar-refractivity contribution in [1.82, 2.24) is 5.32 Å². The lowest BCUT2D eigenvalue weighted by Crippen LogP contribution is -2.34. The molecule has 3 rings (SSSR count). The average Bonchev–Trinajstić information content (AvgIpc) is 3.18. The topological polar surface area (TPSA) is 87.5 Å². The molecule has 2 aromatic carbocycles. The maximum absolute atomic E-state index is 12.5. The van der Waals surface area contributed by atoms with Gasteiger partial charge in [-0.05, 0) is 90.5 Å². The van der Waals surface area contributed by atoms with Gasteiger partial charge >= 0.3 is 0 Å². The maximum Gasteiger partial charge on any atom is 0.293 e. The molecule has 0 bridgehead atoms. The number of rotatable bonds is 4. The Bertz CT molecular complexity index is 945. The van der Waals surface area contributed by atoms with Crippen molar-refractivity contribution in [2.75, 3.05) is 23.3 Å².